The molecule has 2 heterocycles. The molecule has 0 radical (unpaired) electrons. The number of benzene rings is 3. The molecule has 1 fully saturated rings. The first-order valence-corrected chi connectivity index (χ1v) is 11.9. The molecule has 0 saturated carbocycles. The Bertz CT molecular complexity index is 1450. The van der Waals surface area contributed by atoms with Gasteiger partial charge in [-0.1, -0.05) is 35.5 Å². The number of carbonyl (C=O) groups is 3. The van der Waals surface area contributed by atoms with Crippen molar-refractivity contribution >= 4 is 23.2 Å². The maximum atomic E-state index is 13.8. The summed E-state index contributed by atoms with van der Waals surface area (Å²) < 4.78 is 15.8. The first kappa shape index (κ1) is 24.9. The van der Waals surface area contributed by atoms with Crippen LogP contribution in [0, 0.1) is 5.92 Å². The summed E-state index contributed by atoms with van der Waals surface area (Å²) in [4.78, 5) is 42.0. The molecule has 9 nitrogen and oxygen atoms in total. The SMILES string of the molecule is COc1ccc(C(=O)C2C(=O)C(=O)N(c3ccc(-c4ccon4)cc3)C2c2ccccc2OCCO)cc1. The van der Waals surface area contributed by atoms with E-state index >= 15 is 0 Å². The molecule has 1 amide bonds. The summed E-state index contributed by atoms with van der Waals surface area (Å²) in [6, 6.07) is 20.9. The molecule has 5 rings (SSSR count). The molecule has 38 heavy (non-hydrogen) atoms. The number of Topliss-reactive ketones (excluding diaryl/α,β-unsaturated/α-hetero) is 2. The average Bonchev–Trinajstić information content (AvgIpc) is 3.59. The minimum atomic E-state index is -1.31. The zero-order valence-corrected chi connectivity index (χ0v) is 20.4. The molecule has 1 saturated heterocycles. The van der Waals surface area contributed by atoms with Gasteiger partial charge in [-0.15, -0.1) is 0 Å². The minimum absolute atomic E-state index is 0.00904. The van der Waals surface area contributed by atoms with Crippen molar-refractivity contribution in [2.45, 2.75) is 6.04 Å². The van der Waals surface area contributed by atoms with Gasteiger partial charge in [0.2, 0.25) is 5.78 Å². The summed E-state index contributed by atoms with van der Waals surface area (Å²) in [6.45, 7) is -0.215. The van der Waals surface area contributed by atoms with Gasteiger partial charge in [-0.2, -0.15) is 0 Å². The smallest absolute Gasteiger partial charge is 0.295 e. The standard InChI is InChI=1S/C29H24N2O7/c1-36-21-12-8-19(9-13-21)27(33)25-26(22-4-2-3-5-24(22)37-17-15-32)31(29(35)28(25)34)20-10-6-18(7-11-20)23-14-16-38-30-23/h2-14,16,25-26,32H,15,17H2,1H3. The third-order valence-electron chi connectivity index (χ3n) is 6.43. The van der Waals surface area contributed by atoms with Crippen LogP contribution in [-0.4, -0.2) is 48.1 Å². The Balaban J connectivity index is 1.61. The van der Waals surface area contributed by atoms with Gasteiger partial charge in [0, 0.05) is 28.4 Å². The highest BCUT2D eigenvalue weighted by atomic mass is 16.5. The molecule has 1 aromatic heterocycles. The lowest BCUT2D eigenvalue weighted by molar-refractivity contribution is -0.135. The third-order valence-corrected chi connectivity index (χ3v) is 6.43. The highest BCUT2D eigenvalue weighted by Crippen LogP contribution is 2.44. The zero-order valence-electron chi connectivity index (χ0n) is 20.4. The maximum absolute atomic E-state index is 13.8. The lowest BCUT2D eigenvalue weighted by Gasteiger charge is -2.28. The number of nitrogens with zero attached hydrogens (tertiary/aromatic N) is 2. The van der Waals surface area contributed by atoms with Crippen LogP contribution in [0.25, 0.3) is 11.3 Å². The second-order valence-electron chi connectivity index (χ2n) is 8.60. The van der Waals surface area contributed by atoms with E-state index < -0.39 is 29.4 Å². The largest absolute Gasteiger partial charge is 0.497 e. The van der Waals surface area contributed by atoms with Gasteiger partial charge in [-0.3, -0.25) is 19.3 Å². The van der Waals surface area contributed by atoms with Crippen molar-refractivity contribution in [3.05, 3.63) is 96.3 Å². The normalized spacial score (nSPS) is 17.1. The predicted molar refractivity (Wildman–Crippen MR) is 137 cm³/mol. The van der Waals surface area contributed by atoms with E-state index in [0.29, 0.717) is 28.4 Å². The molecule has 1 N–H and O–H groups in total. The summed E-state index contributed by atoms with van der Waals surface area (Å²) in [7, 11) is 1.51. The summed E-state index contributed by atoms with van der Waals surface area (Å²) in [6.07, 6.45) is 1.46. The van der Waals surface area contributed by atoms with E-state index in [2.05, 4.69) is 5.16 Å². The molecule has 0 bridgehead atoms. The highest BCUT2D eigenvalue weighted by Gasteiger charge is 2.53. The van der Waals surface area contributed by atoms with Crippen LogP contribution in [0.1, 0.15) is 22.0 Å². The summed E-state index contributed by atoms with van der Waals surface area (Å²) >= 11 is 0. The highest BCUT2D eigenvalue weighted by molar-refractivity contribution is 6.49. The van der Waals surface area contributed by atoms with Crippen molar-refractivity contribution in [3.8, 4) is 22.8 Å². The van der Waals surface area contributed by atoms with Crippen LogP contribution in [0.15, 0.2) is 89.6 Å². The summed E-state index contributed by atoms with van der Waals surface area (Å²) in [5.41, 5.74) is 2.57. The van der Waals surface area contributed by atoms with Crippen molar-refractivity contribution < 1.29 is 33.5 Å². The molecule has 9 heteroatoms. The van der Waals surface area contributed by atoms with Crippen molar-refractivity contribution in [3.63, 3.8) is 0 Å². The Hall–Kier alpha value is -4.76. The number of methoxy groups -OCH3 is 1. The maximum Gasteiger partial charge on any atom is 0.295 e. The van der Waals surface area contributed by atoms with Gasteiger partial charge in [0.25, 0.3) is 5.91 Å². The number of carbonyl (C=O) groups excluding carboxylic acids is 3. The number of aliphatic hydroxyl groups is 1. The Labute approximate surface area is 218 Å². The van der Waals surface area contributed by atoms with Crippen molar-refractivity contribution in [2.24, 2.45) is 5.92 Å². The number of rotatable bonds is 9. The molecule has 192 valence electrons. The lowest BCUT2D eigenvalue weighted by atomic mass is 9.86. The molecule has 0 spiro atoms. The molecule has 3 aromatic carbocycles. The van der Waals surface area contributed by atoms with E-state index in [4.69, 9.17) is 14.0 Å². The van der Waals surface area contributed by atoms with E-state index in [9.17, 15) is 19.5 Å². The monoisotopic (exact) mass is 512 g/mol. The van der Waals surface area contributed by atoms with Gasteiger partial charge in [-0.25, -0.2) is 0 Å². The van der Waals surface area contributed by atoms with Crippen LogP contribution in [0.5, 0.6) is 11.5 Å². The number of aliphatic hydroxyl groups excluding tert-OH is 1. The van der Waals surface area contributed by atoms with E-state index in [1.807, 2.05) is 0 Å². The van der Waals surface area contributed by atoms with E-state index in [0.717, 1.165) is 5.56 Å². The lowest BCUT2D eigenvalue weighted by Crippen LogP contribution is -2.31. The molecule has 0 aliphatic carbocycles. The van der Waals surface area contributed by atoms with Gasteiger partial charge in [0.05, 0.1) is 19.8 Å². The zero-order chi connectivity index (χ0) is 26.6. The molecule has 2 atom stereocenters. The number of anilines is 1. The molecule has 2 unspecified atom stereocenters. The van der Waals surface area contributed by atoms with Crippen LogP contribution in [0.2, 0.25) is 0 Å². The average molecular weight is 513 g/mol. The third kappa shape index (κ3) is 4.55. The van der Waals surface area contributed by atoms with Gasteiger partial charge in [0.1, 0.15) is 36.0 Å². The van der Waals surface area contributed by atoms with Crippen molar-refractivity contribution in [2.75, 3.05) is 25.2 Å². The number of hydrogen-bond donors (Lipinski definition) is 1. The Morgan fingerprint density at radius 3 is 2.39 bits per heavy atom. The van der Waals surface area contributed by atoms with Gasteiger partial charge in [0.15, 0.2) is 5.78 Å². The van der Waals surface area contributed by atoms with Crippen LogP contribution >= 0.6 is 0 Å². The number of ketones is 2. The predicted octanol–water partition coefficient (Wildman–Crippen LogP) is 3.88. The number of hydrogen-bond acceptors (Lipinski definition) is 8. The number of amides is 1. The fourth-order valence-electron chi connectivity index (χ4n) is 4.63. The van der Waals surface area contributed by atoms with E-state index in [-0.39, 0.29) is 18.8 Å². The van der Waals surface area contributed by atoms with E-state index in [1.54, 1.807) is 78.9 Å². The van der Waals surface area contributed by atoms with Crippen LogP contribution in [0.3, 0.4) is 0 Å². The summed E-state index contributed by atoms with van der Waals surface area (Å²) in [5, 5.41) is 13.2. The van der Waals surface area contributed by atoms with E-state index in [1.165, 1.54) is 18.3 Å². The Kier molecular flexibility index (Phi) is 7.01. The fourth-order valence-corrected chi connectivity index (χ4v) is 4.63. The summed E-state index contributed by atoms with van der Waals surface area (Å²) in [5.74, 6) is -2.49. The number of ether oxygens (including phenoxy) is 2. The first-order chi connectivity index (χ1) is 18.5. The topological polar surface area (TPSA) is 119 Å². The second-order valence-corrected chi connectivity index (χ2v) is 8.60. The molecular weight excluding hydrogens is 488 g/mol. The van der Waals surface area contributed by atoms with Crippen molar-refractivity contribution in [1.29, 1.82) is 0 Å². The number of para-hydroxylation sites is 1. The molecule has 4 aromatic rings. The van der Waals surface area contributed by atoms with Gasteiger partial charge in [-0.05, 0) is 42.5 Å². The quantitative estimate of drug-likeness (QED) is 0.204. The van der Waals surface area contributed by atoms with Crippen LogP contribution < -0.4 is 14.4 Å². The van der Waals surface area contributed by atoms with Crippen molar-refractivity contribution in [1.82, 2.24) is 5.16 Å². The minimum Gasteiger partial charge on any atom is -0.497 e. The second kappa shape index (κ2) is 10.7. The number of aromatic nitrogens is 1. The molecule has 1 aliphatic rings. The van der Waals surface area contributed by atoms with Crippen LogP contribution in [0.4, 0.5) is 5.69 Å². The molecule has 1 aliphatic heterocycles. The van der Waals surface area contributed by atoms with Crippen LogP contribution in [-0.2, 0) is 9.59 Å². The Morgan fingerprint density at radius 1 is 1.00 bits per heavy atom. The Morgan fingerprint density at radius 2 is 1.74 bits per heavy atom. The molecular formula is C29H24N2O7. The first-order valence-electron chi connectivity index (χ1n) is 11.9. The van der Waals surface area contributed by atoms with Gasteiger partial charge >= 0.3 is 0 Å². The fraction of sp³-hybridized carbons (Fsp3) is 0.172. The van der Waals surface area contributed by atoms with Gasteiger partial charge < -0.3 is 19.1 Å².